The molecule has 1 aliphatic heterocycles. The second kappa shape index (κ2) is 9.66. The summed E-state index contributed by atoms with van der Waals surface area (Å²) in [6, 6.07) is 19.2. The van der Waals surface area contributed by atoms with E-state index in [1.54, 1.807) is 24.3 Å². The van der Waals surface area contributed by atoms with Gasteiger partial charge in [0.25, 0.3) is 0 Å². The summed E-state index contributed by atoms with van der Waals surface area (Å²) in [6.45, 7) is -0.382. The van der Waals surface area contributed by atoms with Gasteiger partial charge in [-0.05, 0) is 53.9 Å². The topological polar surface area (TPSA) is 80.8 Å². The van der Waals surface area contributed by atoms with E-state index in [4.69, 9.17) is 4.74 Å². The summed E-state index contributed by atoms with van der Waals surface area (Å²) in [5, 5.41) is 1.96. The molecule has 35 heavy (non-hydrogen) atoms. The van der Waals surface area contributed by atoms with Gasteiger partial charge in [-0.2, -0.15) is 0 Å². The van der Waals surface area contributed by atoms with Crippen LogP contribution in [-0.4, -0.2) is 39.8 Å². The van der Waals surface area contributed by atoms with Crippen LogP contribution in [-0.2, 0) is 14.3 Å². The Morgan fingerprint density at radius 2 is 1.37 bits per heavy atom. The number of fused-ring (bicyclic) bond motifs is 2. The maximum atomic E-state index is 13.0. The van der Waals surface area contributed by atoms with Gasteiger partial charge in [-0.15, -0.1) is 0 Å². The number of rotatable bonds is 5. The van der Waals surface area contributed by atoms with E-state index >= 15 is 0 Å². The van der Waals surface area contributed by atoms with Gasteiger partial charge in [0.15, 0.2) is 12.4 Å². The molecule has 1 heterocycles. The number of nitrogens with zero attached hydrogens (tertiary/aromatic N) is 1. The van der Waals surface area contributed by atoms with Crippen molar-refractivity contribution in [2.75, 3.05) is 11.5 Å². The number of halogens is 2. The summed E-state index contributed by atoms with van der Waals surface area (Å²) in [7, 11) is 0. The Morgan fingerprint density at radius 1 is 0.800 bits per heavy atom. The number of hydrogen-bond acceptors (Lipinski definition) is 5. The first kappa shape index (κ1) is 23.9. The molecule has 2 aliphatic rings. The van der Waals surface area contributed by atoms with Crippen molar-refractivity contribution >= 4 is 71.9 Å². The highest BCUT2D eigenvalue weighted by atomic mass is 79.9. The average molecular weight is 599 g/mol. The molecule has 3 aromatic carbocycles. The number of carbonyl (C=O) groups excluding carboxylic acids is 4. The number of anilines is 1. The number of benzene rings is 3. The molecule has 0 spiro atoms. The zero-order chi connectivity index (χ0) is 24.7. The second-order valence-corrected chi connectivity index (χ2v) is 11.2. The molecule has 2 amide bonds. The van der Waals surface area contributed by atoms with Crippen molar-refractivity contribution < 1.29 is 23.9 Å². The monoisotopic (exact) mass is 597 g/mol. The molecule has 0 unspecified atom stereocenters. The fourth-order valence-electron chi connectivity index (χ4n) is 4.76. The molecule has 5 rings (SSSR count). The van der Waals surface area contributed by atoms with Crippen LogP contribution in [0.25, 0.3) is 10.8 Å². The van der Waals surface area contributed by atoms with Gasteiger partial charge in [0.1, 0.15) is 0 Å². The van der Waals surface area contributed by atoms with E-state index in [-0.39, 0.29) is 51.3 Å². The number of ketones is 1. The number of alkyl halides is 2. The van der Waals surface area contributed by atoms with Crippen LogP contribution in [0.15, 0.2) is 66.7 Å². The first-order valence-electron chi connectivity index (χ1n) is 11.3. The zero-order valence-electron chi connectivity index (χ0n) is 18.5. The quantitative estimate of drug-likeness (QED) is 0.172. The predicted octanol–water partition coefficient (Wildman–Crippen LogP) is 5.31. The van der Waals surface area contributed by atoms with Crippen LogP contribution in [0.4, 0.5) is 5.69 Å². The largest absolute Gasteiger partial charge is 0.454 e. The minimum absolute atomic E-state index is 0.134. The summed E-state index contributed by atoms with van der Waals surface area (Å²) < 4.78 is 5.22. The Morgan fingerprint density at radius 3 is 2.00 bits per heavy atom. The maximum Gasteiger partial charge on any atom is 0.338 e. The Kier molecular flexibility index (Phi) is 6.59. The van der Waals surface area contributed by atoms with E-state index in [2.05, 4.69) is 31.9 Å². The molecular weight excluding hydrogens is 578 g/mol. The van der Waals surface area contributed by atoms with Crippen LogP contribution in [0, 0.1) is 11.8 Å². The molecule has 2 fully saturated rings. The molecular formula is C27H21Br2NO5. The normalized spacial score (nSPS) is 23.9. The summed E-state index contributed by atoms with van der Waals surface area (Å²) in [4.78, 5) is 52.4. The predicted molar refractivity (Wildman–Crippen MR) is 139 cm³/mol. The van der Waals surface area contributed by atoms with E-state index in [9.17, 15) is 19.2 Å². The Labute approximate surface area is 218 Å². The number of imide groups is 1. The lowest BCUT2D eigenvalue weighted by molar-refractivity contribution is -0.122. The second-order valence-electron chi connectivity index (χ2n) is 8.84. The minimum Gasteiger partial charge on any atom is -0.454 e. The van der Waals surface area contributed by atoms with Crippen LogP contribution in [0.5, 0.6) is 0 Å². The molecule has 0 N–H and O–H groups in total. The molecule has 8 heteroatoms. The molecule has 0 aromatic heterocycles. The highest BCUT2D eigenvalue weighted by Gasteiger charge is 2.52. The van der Waals surface area contributed by atoms with Crippen molar-refractivity contribution in [2.45, 2.75) is 22.5 Å². The number of Topliss-reactive ketones (excluding diaryl/α,β-unsaturated/α-hetero) is 1. The van der Waals surface area contributed by atoms with E-state index in [0.717, 1.165) is 10.8 Å². The smallest absolute Gasteiger partial charge is 0.338 e. The van der Waals surface area contributed by atoms with Crippen LogP contribution >= 0.6 is 31.9 Å². The summed E-state index contributed by atoms with van der Waals surface area (Å²) in [5.74, 6) is -2.05. The highest BCUT2D eigenvalue weighted by molar-refractivity contribution is 9.12. The molecule has 1 saturated carbocycles. The van der Waals surface area contributed by atoms with E-state index < -0.39 is 5.97 Å². The van der Waals surface area contributed by atoms with Gasteiger partial charge >= 0.3 is 5.97 Å². The summed E-state index contributed by atoms with van der Waals surface area (Å²) >= 11 is 7.17. The van der Waals surface area contributed by atoms with Crippen LogP contribution in [0.1, 0.15) is 33.6 Å². The molecule has 6 nitrogen and oxygen atoms in total. The van der Waals surface area contributed by atoms with Crippen molar-refractivity contribution in [3.8, 4) is 0 Å². The number of amides is 2. The molecule has 1 saturated heterocycles. The van der Waals surface area contributed by atoms with Gasteiger partial charge in [-0.1, -0.05) is 68.3 Å². The molecule has 4 atom stereocenters. The fourth-order valence-corrected chi connectivity index (χ4v) is 5.99. The number of ether oxygens (including phenoxy) is 1. The van der Waals surface area contributed by atoms with Crippen LogP contribution < -0.4 is 4.90 Å². The van der Waals surface area contributed by atoms with Gasteiger partial charge in [0.2, 0.25) is 11.8 Å². The maximum absolute atomic E-state index is 13.0. The summed E-state index contributed by atoms with van der Waals surface area (Å²) in [6.07, 6.45) is 1.19. The third-order valence-electron chi connectivity index (χ3n) is 6.68. The van der Waals surface area contributed by atoms with E-state index in [0.29, 0.717) is 24.1 Å². The molecule has 1 aliphatic carbocycles. The Bertz CT molecular complexity index is 1310. The number of esters is 1. The van der Waals surface area contributed by atoms with E-state index in [1.165, 1.54) is 17.0 Å². The summed E-state index contributed by atoms with van der Waals surface area (Å²) in [5.41, 5.74) is 1.13. The minimum atomic E-state index is -0.650. The van der Waals surface area contributed by atoms with Crippen LogP contribution in [0.2, 0.25) is 0 Å². The van der Waals surface area contributed by atoms with Crippen molar-refractivity contribution in [2.24, 2.45) is 11.8 Å². The Hall–Kier alpha value is -2.84. The SMILES string of the molecule is O=C(COC(=O)c1ccc(N2C(=O)[C@H]3C[C@@H](Br)[C@@H](Br)C[C@@H]3C2=O)cc1)c1ccc2ccccc2c1. The van der Waals surface area contributed by atoms with Crippen LogP contribution in [0.3, 0.4) is 0 Å². The average Bonchev–Trinajstić information content (AvgIpc) is 3.11. The molecule has 0 radical (unpaired) electrons. The van der Waals surface area contributed by atoms with Crippen molar-refractivity contribution in [1.82, 2.24) is 0 Å². The van der Waals surface area contributed by atoms with Gasteiger partial charge < -0.3 is 4.74 Å². The van der Waals surface area contributed by atoms with Gasteiger partial charge in [-0.3, -0.25) is 19.3 Å². The van der Waals surface area contributed by atoms with Gasteiger partial charge in [-0.25, -0.2) is 4.79 Å². The lowest BCUT2D eigenvalue weighted by Gasteiger charge is -2.29. The third kappa shape index (κ3) is 4.57. The third-order valence-corrected chi connectivity index (χ3v) is 9.41. The standard InChI is InChI=1S/C27H21Br2NO5/c28-22-12-20-21(13-23(22)29)26(33)30(25(20)32)19-9-7-16(8-10-19)27(34)35-14-24(31)18-6-5-15-3-1-2-4-17(15)11-18/h1-11,20-23H,12-14H2/t20-,21-,22-,23+/m0/s1. The van der Waals surface area contributed by atoms with Crippen molar-refractivity contribution in [3.63, 3.8) is 0 Å². The fraction of sp³-hybridized carbons (Fsp3) is 0.259. The van der Waals surface area contributed by atoms with E-state index in [1.807, 2.05) is 30.3 Å². The van der Waals surface area contributed by atoms with Crippen molar-refractivity contribution in [1.29, 1.82) is 0 Å². The van der Waals surface area contributed by atoms with Gasteiger partial charge in [0, 0.05) is 15.2 Å². The number of hydrogen-bond donors (Lipinski definition) is 0. The zero-order valence-corrected chi connectivity index (χ0v) is 21.7. The lowest BCUT2D eigenvalue weighted by Crippen LogP contribution is -2.34. The lowest BCUT2D eigenvalue weighted by atomic mass is 9.81. The first-order valence-corrected chi connectivity index (χ1v) is 13.1. The Balaban J connectivity index is 1.24. The van der Waals surface area contributed by atoms with Crippen molar-refractivity contribution in [3.05, 3.63) is 77.9 Å². The highest BCUT2D eigenvalue weighted by Crippen LogP contribution is 2.44. The molecule has 178 valence electrons. The number of carbonyl (C=O) groups is 4. The first-order chi connectivity index (χ1) is 16.8. The molecule has 3 aromatic rings. The van der Waals surface area contributed by atoms with Gasteiger partial charge in [0.05, 0.1) is 23.1 Å². The molecule has 0 bridgehead atoms.